The minimum atomic E-state index is 0.219. The number of hydrazone groups is 1. The summed E-state index contributed by atoms with van der Waals surface area (Å²) in [6.45, 7) is 0. The van der Waals surface area contributed by atoms with Gasteiger partial charge in [0.15, 0.2) is 0 Å². The van der Waals surface area contributed by atoms with Gasteiger partial charge in [0.2, 0.25) is 11.1 Å². The Morgan fingerprint density at radius 2 is 2.04 bits per heavy atom. The van der Waals surface area contributed by atoms with Crippen LogP contribution in [0.3, 0.4) is 0 Å². The molecule has 1 aromatic heterocycles. The Balaban J connectivity index is 1.54. The summed E-state index contributed by atoms with van der Waals surface area (Å²) in [6, 6.07) is 14.6. The van der Waals surface area contributed by atoms with E-state index in [1.54, 1.807) is 37.6 Å². The number of benzene rings is 2. The molecule has 1 heterocycles. The quantitative estimate of drug-likeness (QED) is 0.342. The fourth-order valence-corrected chi connectivity index (χ4v) is 2.84. The standard InChI is InChI=1S/C17H17N5O2S/c1-24-15-5-3-2-4-13(15)11-25-17-19-16(21-22-17)20-18-10-12-6-8-14(23)9-7-12/h2-10,23H,11H2,1H3,(H2,19,20,21,22)/b18-10+. The Kier molecular flexibility index (Phi) is 5.53. The normalized spacial score (nSPS) is 10.9. The average molecular weight is 355 g/mol. The van der Waals surface area contributed by atoms with E-state index in [2.05, 4.69) is 25.7 Å². The largest absolute Gasteiger partial charge is 0.508 e. The van der Waals surface area contributed by atoms with Crippen molar-refractivity contribution < 1.29 is 9.84 Å². The molecule has 0 saturated carbocycles. The number of para-hydroxylation sites is 1. The van der Waals surface area contributed by atoms with Gasteiger partial charge in [-0.15, -0.1) is 5.10 Å². The Hall–Kier alpha value is -3.00. The van der Waals surface area contributed by atoms with E-state index in [1.165, 1.54) is 11.8 Å². The maximum atomic E-state index is 9.24. The summed E-state index contributed by atoms with van der Waals surface area (Å²) >= 11 is 1.50. The highest BCUT2D eigenvalue weighted by Crippen LogP contribution is 2.26. The topological polar surface area (TPSA) is 95.4 Å². The third-order valence-corrected chi connectivity index (χ3v) is 4.19. The number of phenolic OH excluding ortho intramolecular Hbond substituents is 1. The number of hydrogen-bond donors (Lipinski definition) is 3. The van der Waals surface area contributed by atoms with Gasteiger partial charge in [0, 0.05) is 11.3 Å². The highest BCUT2D eigenvalue weighted by Gasteiger charge is 2.06. The number of thioether (sulfide) groups is 1. The highest BCUT2D eigenvalue weighted by atomic mass is 32.2. The molecular formula is C17H17N5O2S. The Morgan fingerprint density at radius 3 is 2.84 bits per heavy atom. The Bertz CT molecular complexity index is 848. The first kappa shape index (κ1) is 16.8. The van der Waals surface area contributed by atoms with Crippen molar-refractivity contribution in [2.75, 3.05) is 12.5 Å². The first-order valence-electron chi connectivity index (χ1n) is 7.50. The molecule has 0 atom stereocenters. The van der Waals surface area contributed by atoms with E-state index < -0.39 is 0 Å². The Morgan fingerprint density at radius 1 is 1.24 bits per heavy atom. The molecule has 3 rings (SSSR count). The van der Waals surface area contributed by atoms with Crippen molar-refractivity contribution in [3.63, 3.8) is 0 Å². The molecule has 3 aromatic rings. The molecule has 2 aromatic carbocycles. The van der Waals surface area contributed by atoms with Crippen LogP contribution in [0.15, 0.2) is 58.8 Å². The SMILES string of the molecule is COc1ccccc1CSc1n[nH]c(N/N=C/c2ccc(O)cc2)n1. The lowest BCUT2D eigenvalue weighted by Gasteiger charge is -2.05. The molecule has 0 aliphatic rings. The molecule has 8 heteroatoms. The van der Waals surface area contributed by atoms with Gasteiger partial charge in [-0.05, 0) is 35.9 Å². The minimum absolute atomic E-state index is 0.219. The predicted octanol–water partition coefficient (Wildman–Crippen LogP) is 3.26. The lowest BCUT2D eigenvalue weighted by molar-refractivity contribution is 0.411. The molecule has 0 saturated heterocycles. The summed E-state index contributed by atoms with van der Waals surface area (Å²) in [5.74, 6) is 2.23. The van der Waals surface area contributed by atoms with E-state index in [-0.39, 0.29) is 5.75 Å². The number of phenols is 1. The van der Waals surface area contributed by atoms with E-state index in [4.69, 9.17) is 4.74 Å². The maximum Gasteiger partial charge on any atom is 0.240 e. The van der Waals surface area contributed by atoms with Crippen LogP contribution in [0.2, 0.25) is 0 Å². The van der Waals surface area contributed by atoms with E-state index in [0.717, 1.165) is 16.9 Å². The number of aromatic hydroxyl groups is 1. The molecule has 0 aliphatic heterocycles. The number of anilines is 1. The van der Waals surface area contributed by atoms with E-state index in [1.807, 2.05) is 24.3 Å². The third-order valence-electron chi connectivity index (χ3n) is 3.29. The summed E-state index contributed by atoms with van der Waals surface area (Å²) in [6.07, 6.45) is 1.63. The monoisotopic (exact) mass is 355 g/mol. The summed E-state index contributed by atoms with van der Waals surface area (Å²) < 4.78 is 5.33. The molecule has 0 aliphatic carbocycles. The molecule has 0 bridgehead atoms. The van der Waals surface area contributed by atoms with E-state index in [0.29, 0.717) is 16.9 Å². The van der Waals surface area contributed by atoms with Gasteiger partial charge in [0.1, 0.15) is 11.5 Å². The lowest BCUT2D eigenvalue weighted by atomic mass is 10.2. The molecule has 0 fully saturated rings. The van der Waals surface area contributed by atoms with Gasteiger partial charge in [-0.3, -0.25) is 0 Å². The molecule has 0 radical (unpaired) electrons. The third kappa shape index (κ3) is 4.74. The zero-order valence-electron chi connectivity index (χ0n) is 13.5. The number of ether oxygens (including phenoxy) is 1. The summed E-state index contributed by atoms with van der Waals surface area (Å²) in [5, 5.41) is 20.9. The molecule has 128 valence electrons. The van der Waals surface area contributed by atoms with Crippen molar-refractivity contribution in [3.05, 3.63) is 59.7 Å². The number of methoxy groups -OCH3 is 1. The van der Waals surface area contributed by atoms with Crippen molar-refractivity contribution in [1.82, 2.24) is 15.2 Å². The van der Waals surface area contributed by atoms with Crippen LogP contribution < -0.4 is 10.2 Å². The second kappa shape index (κ2) is 8.20. The van der Waals surface area contributed by atoms with Gasteiger partial charge in [-0.1, -0.05) is 30.0 Å². The van der Waals surface area contributed by atoms with Crippen LogP contribution in [0.5, 0.6) is 11.5 Å². The first-order chi connectivity index (χ1) is 12.2. The Labute approximate surface area is 149 Å². The molecular weight excluding hydrogens is 338 g/mol. The van der Waals surface area contributed by atoms with Crippen LogP contribution >= 0.6 is 11.8 Å². The summed E-state index contributed by atoms with van der Waals surface area (Å²) in [7, 11) is 1.66. The molecule has 25 heavy (non-hydrogen) atoms. The van der Waals surface area contributed by atoms with Crippen LogP contribution in [0.25, 0.3) is 0 Å². The fourth-order valence-electron chi connectivity index (χ4n) is 2.05. The second-order valence-electron chi connectivity index (χ2n) is 5.03. The van der Waals surface area contributed by atoms with E-state index in [9.17, 15) is 5.11 Å². The highest BCUT2D eigenvalue weighted by molar-refractivity contribution is 7.98. The number of aromatic amines is 1. The van der Waals surface area contributed by atoms with Crippen molar-refractivity contribution >= 4 is 23.9 Å². The maximum absolute atomic E-state index is 9.24. The van der Waals surface area contributed by atoms with Crippen LogP contribution in [0.1, 0.15) is 11.1 Å². The first-order valence-corrected chi connectivity index (χ1v) is 8.48. The molecule has 3 N–H and O–H groups in total. The van der Waals surface area contributed by atoms with Gasteiger partial charge in [0.25, 0.3) is 0 Å². The number of rotatable bonds is 7. The molecule has 0 unspecified atom stereocenters. The minimum Gasteiger partial charge on any atom is -0.508 e. The number of H-pyrrole nitrogens is 1. The summed E-state index contributed by atoms with van der Waals surface area (Å²) in [5.41, 5.74) is 4.73. The predicted molar refractivity (Wildman–Crippen MR) is 98.3 cm³/mol. The zero-order chi connectivity index (χ0) is 17.5. The zero-order valence-corrected chi connectivity index (χ0v) is 14.3. The van der Waals surface area contributed by atoms with Crippen LogP contribution in [0, 0.1) is 0 Å². The van der Waals surface area contributed by atoms with Crippen molar-refractivity contribution in [2.24, 2.45) is 5.10 Å². The molecule has 0 spiro atoms. The molecule has 7 nitrogen and oxygen atoms in total. The van der Waals surface area contributed by atoms with Crippen molar-refractivity contribution in [2.45, 2.75) is 10.9 Å². The van der Waals surface area contributed by atoms with Gasteiger partial charge >= 0.3 is 0 Å². The van der Waals surface area contributed by atoms with Crippen molar-refractivity contribution in [3.8, 4) is 11.5 Å². The lowest BCUT2D eigenvalue weighted by Crippen LogP contribution is -1.92. The van der Waals surface area contributed by atoms with Crippen molar-refractivity contribution in [1.29, 1.82) is 0 Å². The summed E-state index contributed by atoms with van der Waals surface area (Å²) in [4.78, 5) is 4.32. The number of hydrogen-bond acceptors (Lipinski definition) is 7. The van der Waals surface area contributed by atoms with Crippen LogP contribution in [-0.4, -0.2) is 33.6 Å². The number of aromatic nitrogens is 3. The average Bonchev–Trinajstić information content (AvgIpc) is 3.09. The van der Waals surface area contributed by atoms with Gasteiger partial charge < -0.3 is 9.84 Å². The van der Waals surface area contributed by atoms with Crippen LogP contribution in [0.4, 0.5) is 5.95 Å². The van der Waals surface area contributed by atoms with Gasteiger partial charge in [-0.2, -0.15) is 10.1 Å². The second-order valence-corrected chi connectivity index (χ2v) is 5.97. The van der Waals surface area contributed by atoms with Gasteiger partial charge in [0.05, 0.1) is 13.3 Å². The van der Waals surface area contributed by atoms with E-state index >= 15 is 0 Å². The fraction of sp³-hybridized carbons (Fsp3) is 0.118. The number of nitrogens with one attached hydrogen (secondary N) is 2. The molecule has 0 amide bonds. The number of nitrogens with zero attached hydrogens (tertiary/aromatic N) is 3. The van der Waals surface area contributed by atoms with Crippen LogP contribution in [-0.2, 0) is 5.75 Å². The smallest absolute Gasteiger partial charge is 0.240 e. The van der Waals surface area contributed by atoms with Gasteiger partial charge in [-0.25, -0.2) is 10.5 Å².